The van der Waals surface area contributed by atoms with Gasteiger partial charge in [-0.05, 0) is 29.8 Å². The quantitative estimate of drug-likeness (QED) is 0.550. The lowest BCUT2D eigenvalue weighted by Crippen LogP contribution is -1.93. The number of aromatic nitrogens is 3. The first-order valence-electron chi connectivity index (χ1n) is 7.27. The molecule has 1 aliphatic rings. The first-order valence-corrected chi connectivity index (χ1v) is 8.03. The van der Waals surface area contributed by atoms with Crippen LogP contribution in [-0.2, 0) is 6.42 Å². The van der Waals surface area contributed by atoms with Gasteiger partial charge in [0, 0.05) is 23.1 Å². The Morgan fingerprint density at radius 3 is 2.50 bits per heavy atom. The Labute approximate surface area is 148 Å². The molecular weight excluding hydrogens is 349 g/mol. The van der Waals surface area contributed by atoms with Gasteiger partial charge in [-0.15, -0.1) is 0 Å². The average molecular weight is 362 g/mol. The van der Waals surface area contributed by atoms with Crippen molar-refractivity contribution in [3.05, 3.63) is 45.7 Å². The Balaban J connectivity index is 1.85. The Hall–Kier alpha value is -2.24. The van der Waals surface area contributed by atoms with Crippen LogP contribution in [0.4, 0.5) is 0 Å². The standard InChI is InChI=1S/C17H13Cl2N3O2/c1-23-12-6-8-5-11-15(9-3-4-14(18)20-17(9)19)21-22-16(11)10(8)7-13(12)24-2/h3-4,6-7H,5H2,1-2H3,(H,21,22). The van der Waals surface area contributed by atoms with Gasteiger partial charge in [0.15, 0.2) is 11.5 Å². The molecule has 3 aromatic rings. The molecule has 0 saturated heterocycles. The number of methoxy groups -OCH3 is 2. The molecule has 2 heterocycles. The van der Waals surface area contributed by atoms with Gasteiger partial charge in [0.25, 0.3) is 0 Å². The van der Waals surface area contributed by atoms with Crippen molar-refractivity contribution in [1.29, 1.82) is 0 Å². The highest BCUT2D eigenvalue weighted by Gasteiger charge is 2.28. The average Bonchev–Trinajstić information content (AvgIpc) is 3.12. The van der Waals surface area contributed by atoms with Gasteiger partial charge in [-0.2, -0.15) is 5.10 Å². The monoisotopic (exact) mass is 361 g/mol. The Morgan fingerprint density at radius 1 is 1.04 bits per heavy atom. The van der Waals surface area contributed by atoms with Crippen molar-refractivity contribution < 1.29 is 9.47 Å². The van der Waals surface area contributed by atoms with Crippen LogP contribution < -0.4 is 9.47 Å². The van der Waals surface area contributed by atoms with Gasteiger partial charge in [0.05, 0.1) is 25.6 Å². The molecule has 0 fully saturated rings. The molecule has 0 spiro atoms. The molecule has 4 rings (SSSR count). The van der Waals surface area contributed by atoms with Crippen molar-refractivity contribution in [3.63, 3.8) is 0 Å². The maximum atomic E-state index is 6.25. The van der Waals surface area contributed by atoms with Gasteiger partial charge < -0.3 is 9.47 Å². The van der Waals surface area contributed by atoms with Crippen LogP contribution in [0.2, 0.25) is 10.3 Å². The van der Waals surface area contributed by atoms with Crippen LogP contribution in [0.25, 0.3) is 22.5 Å². The predicted octanol–water partition coefficient (Wildman–Crippen LogP) is 4.37. The molecule has 0 amide bonds. The van der Waals surface area contributed by atoms with E-state index in [-0.39, 0.29) is 0 Å². The molecule has 0 radical (unpaired) electrons. The smallest absolute Gasteiger partial charge is 0.161 e. The van der Waals surface area contributed by atoms with E-state index in [0.29, 0.717) is 21.8 Å². The van der Waals surface area contributed by atoms with Crippen LogP contribution >= 0.6 is 23.2 Å². The minimum absolute atomic E-state index is 0.347. The Kier molecular flexibility index (Phi) is 3.62. The van der Waals surface area contributed by atoms with Crippen LogP contribution in [0.5, 0.6) is 11.5 Å². The zero-order valence-corrected chi connectivity index (χ0v) is 14.5. The number of ether oxygens (including phenoxy) is 2. The molecule has 2 aromatic heterocycles. The summed E-state index contributed by atoms with van der Waals surface area (Å²) >= 11 is 12.1. The third-order valence-electron chi connectivity index (χ3n) is 4.18. The molecule has 0 aliphatic heterocycles. The highest BCUT2D eigenvalue weighted by atomic mass is 35.5. The highest BCUT2D eigenvalue weighted by Crippen LogP contribution is 2.45. The minimum atomic E-state index is 0.347. The molecule has 7 heteroatoms. The number of rotatable bonds is 3. The van der Waals surface area contributed by atoms with Gasteiger partial charge in [-0.3, -0.25) is 5.10 Å². The predicted molar refractivity (Wildman–Crippen MR) is 93.2 cm³/mol. The van der Waals surface area contributed by atoms with Crippen molar-refractivity contribution in [3.8, 4) is 34.0 Å². The molecule has 1 aliphatic carbocycles. The number of halogens is 2. The summed E-state index contributed by atoms with van der Waals surface area (Å²) in [4.78, 5) is 4.10. The number of H-pyrrole nitrogens is 1. The molecule has 1 aromatic carbocycles. The van der Waals surface area contributed by atoms with E-state index >= 15 is 0 Å². The SMILES string of the molecule is COc1cc2c(cc1OC)-c1n[nH]c(-c3ccc(Cl)nc3Cl)c1C2. The largest absolute Gasteiger partial charge is 0.493 e. The van der Waals surface area contributed by atoms with Crippen LogP contribution in [-0.4, -0.2) is 29.4 Å². The number of pyridine rings is 1. The maximum Gasteiger partial charge on any atom is 0.161 e. The topological polar surface area (TPSA) is 60.0 Å². The number of aromatic amines is 1. The second-order valence-corrected chi connectivity index (χ2v) is 6.18. The number of nitrogens with one attached hydrogen (secondary N) is 1. The van der Waals surface area contributed by atoms with Crippen LogP contribution in [0.15, 0.2) is 24.3 Å². The zero-order chi connectivity index (χ0) is 16.8. The number of hydrogen-bond acceptors (Lipinski definition) is 4. The first kappa shape index (κ1) is 15.3. The van der Waals surface area contributed by atoms with E-state index in [4.69, 9.17) is 32.7 Å². The van der Waals surface area contributed by atoms with E-state index in [0.717, 1.165) is 40.1 Å². The van der Waals surface area contributed by atoms with Gasteiger partial charge in [-0.1, -0.05) is 23.2 Å². The molecule has 0 saturated carbocycles. The second-order valence-electron chi connectivity index (χ2n) is 5.44. The highest BCUT2D eigenvalue weighted by molar-refractivity contribution is 6.34. The molecule has 5 nitrogen and oxygen atoms in total. The molecule has 122 valence electrons. The van der Waals surface area contributed by atoms with E-state index < -0.39 is 0 Å². The lowest BCUT2D eigenvalue weighted by molar-refractivity contribution is 0.355. The third-order valence-corrected chi connectivity index (χ3v) is 4.68. The first-order chi connectivity index (χ1) is 11.6. The number of fused-ring (bicyclic) bond motifs is 3. The van der Waals surface area contributed by atoms with Crippen molar-refractivity contribution in [2.75, 3.05) is 14.2 Å². The number of benzene rings is 1. The van der Waals surface area contributed by atoms with E-state index in [1.165, 1.54) is 0 Å². The summed E-state index contributed by atoms with van der Waals surface area (Å²) in [7, 11) is 3.25. The summed E-state index contributed by atoms with van der Waals surface area (Å²) in [5.41, 5.74) is 5.77. The van der Waals surface area contributed by atoms with Crippen molar-refractivity contribution >= 4 is 23.2 Å². The summed E-state index contributed by atoms with van der Waals surface area (Å²) in [6.45, 7) is 0. The lowest BCUT2D eigenvalue weighted by atomic mass is 10.1. The van der Waals surface area contributed by atoms with Gasteiger partial charge in [-0.25, -0.2) is 4.98 Å². The van der Waals surface area contributed by atoms with E-state index in [1.54, 1.807) is 20.3 Å². The normalized spacial score (nSPS) is 12.0. The molecular formula is C17H13Cl2N3O2. The summed E-state index contributed by atoms with van der Waals surface area (Å²) < 4.78 is 10.8. The van der Waals surface area contributed by atoms with E-state index in [2.05, 4.69) is 15.2 Å². The van der Waals surface area contributed by atoms with Crippen molar-refractivity contribution in [2.24, 2.45) is 0 Å². The minimum Gasteiger partial charge on any atom is -0.493 e. The van der Waals surface area contributed by atoms with Gasteiger partial charge >= 0.3 is 0 Å². The molecule has 0 bridgehead atoms. The number of hydrogen-bond donors (Lipinski definition) is 1. The van der Waals surface area contributed by atoms with Crippen molar-refractivity contribution in [2.45, 2.75) is 6.42 Å². The fourth-order valence-corrected chi connectivity index (χ4v) is 3.50. The van der Waals surface area contributed by atoms with Crippen LogP contribution in [0, 0.1) is 0 Å². The summed E-state index contributed by atoms with van der Waals surface area (Å²) in [5, 5.41) is 8.24. The van der Waals surface area contributed by atoms with Crippen LogP contribution in [0.1, 0.15) is 11.1 Å². The fourth-order valence-electron chi connectivity index (χ4n) is 3.06. The van der Waals surface area contributed by atoms with Gasteiger partial charge in [0.2, 0.25) is 0 Å². The Bertz CT molecular complexity index is 953. The van der Waals surface area contributed by atoms with Gasteiger partial charge in [0.1, 0.15) is 10.3 Å². The zero-order valence-electron chi connectivity index (χ0n) is 13.0. The third kappa shape index (κ3) is 2.24. The molecule has 1 N–H and O–H groups in total. The molecule has 0 unspecified atom stereocenters. The fraction of sp³-hybridized carbons (Fsp3) is 0.176. The molecule has 24 heavy (non-hydrogen) atoms. The summed E-state index contributed by atoms with van der Waals surface area (Å²) in [6, 6.07) is 7.49. The summed E-state index contributed by atoms with van der Waals surface area (Å²) in [5.74, 6) is 1.39. The molecule has 0 atom stereocenters. The van der Waals surface area contributed by atoms with Crippen molar-refractivity contribution in [1.82, 2.24) is 15.2 Å². The lowest BCUT2D eigenvalue weighted by Gasteiger charge is -2.10. The Morgan fingerprint density at radius 2 is 1.79 bits per heavy atom. The van der Waals surface area contributed by atoms with E-state index in [1.807, 2.05) is 18.2 Å². The summed E-state index contributed by atoms with van der Waals surface area (Å²) in [6.07, 6.45) is 0.732. The maximum absolute atomic E-state index is 6.25. The van der Waals surface area contributed by atoms with E-state index in [9.17, 15) is 0 Å². The second kappa shape index (κ2) is 5.69. The van der Waals surface area contributed by atoms with Crippen LogP contribution in [0.3, 0.4) is 0 Å². The number of nitrogens with zero attached hydrogens (tertiary/aromatic N) is 2.